The lowest BCUT2D eigenvalue weighted by molar-refractivity contribution is 0.0993. The number of nitrogens with one attached hydrogen (secondary N) is 1. The maximum atomic E-state index is 11.8. The first-order valence-electron chi connectivity index (χ1n) is 6.87. The van der Waals surface area contributed by atoms with Gasteiger partial charge in [0.25, 0.3) is 0 Å². The third-order valence-electron chi connectivity index (χ3n) is 3.69. The van der Waals surface area contributed by atoms with Gasteiger partial charge in [-0.15, -0.1) is 11.3 Å². The van der Waals surface area contributed by atoms with E-state index in [4.69, 9.17) is 5.73 Å². The van der Waals surface area contributed by atoms with Crippen LogP contribution in [0.25, 0.3) is 0 Å². The number of nitrogens with two attached hydrogens (primary N) is 1. The molecule has 0 aliphatic carbocycles. The number of hydrogen-bond acceptors (Lipinski definition) is 6. The number of anilines is 2. The zero-order valence-corrected chi connectivity index (χ0v) is 12.7. The normalized spacial score (nSPS) is 16.9. The molecule has 0 radical (unpaired) electrons. The monoisotopic (exact) mass is 292 g/mol. The first-order chi connectivity index (χ1) is 9.56. The lowest BCUT2D eigenvalue weighted by atomic mass is 10.1. The topological polar surface area (TPSA) is 82.2 Å². The van der Waals surface area contributed by atoms with Crippen LogP contribution in [-0.4, -0.2) is 36.9 Å². The summed E-state index contributed by atoms with van der Waals surface area (Å²) in [5.74, 6) is 0.000396. The molecule has 108 valence electrons. The SMILES string of the molecule is CCC(=O)c1sc(NC2CCN(C)CC2)c(C#N)c1N. The van der Waals surface area contributed by atoms with Crippen molar-refractivity contribution in [1.29, 1.82) is 5.26 Å². The van der Waals surface area contributed by atoms with Crippen molar-refractivity contribution >= 4 is 27.8 Å². The van der Waals surface area contributed by atoms with Gasteiger partial charge in [-0.3, -0.25) is 4.79 Å². The molecule has 0 saturated carbocycles. The average Bonchev–Trinajstić information content (AvgIpc) is 2.76. The zero-order chi connectivity index (χ0) is 14.7. The van der Waals surface area contributed by atoms with Crippen molar-refractivity contribution in [1.82, 2.24) is 4.90 Å². The van der Waals surface area contributed by atoms with Crippen molar-refractivity contribution in [2.75, 3.05) is 31.2 Å². The second-order valence-electron chi connectivity index (χ2n) is 5.16. The van der Waals surface area contributed by atoms with Gasteiger partial charge in [0.05, 0.1) is 10.6 Å². The van der Waals surface area contributed by atoms with E-state index >= 15 is 0 Å². The predicted molar refractivity (Wildman–Crippen MR) is 82.2 cm³/mol. The maximum Gasteiger partial charge on any atom is 0.174 e. The molecule has 6 heteroatoms. The largest absolute Gasteiger partial charge is 0.396 e. The maximum absolute atomic E-state index is 11.8. The minimum Gasteiger partial charge on any atom is -0.396 e. The Kier molecular flexibility index (Phi) is 4.63. The molecule has 0 aromatic carbocycles. The van der Waals surface area contributed by atoms with Gasteiger partial charge in [0.2, 0.25) is 0 Å². The van der Waals surface area contributed by atoms with E-state index in [-0.39, 0.29) is 5.78 Å². The lowest BCUT2D eigenvalue weighted by Gasteiger charge is -2.29. The van der Waals surface area contributed by atoms with Crippen LogP contribution in [-0.2, 0) is 0 Å². The van der Waals surface area contributed by atoms with Crippen LogP contribution in [0.2, 0.25) is 0 Å². The summed E-state index contributed by atoms with van der Waals surface area (Å²) in [6.07, 6.45) is 2.48. The highest BCUT2D eigenvalue weighted by Gasteiger charge is 2.23. The Hall–Kier alpha value is -1.58. The van der Waals surface area contributed by atoms with Gasteiger partial charge in [0.15, 0.2) is 5.78 Å². The van der Waals surface area contributed by atoms with Gasteiger partial charge in [-0.2, -0.15) is 5.26 Å². The number of nitrogen functional groups attached to an aromatic ring is 1. The minimum atomic E-state index is 0.000396. The summed E-state index contributed by atoms with van der Waals surface area (Å²) in [5, 5.41) is 13.4. The number of Topliss-reactive ketones (excluding diaryl/α,β-unsaturated/α-hetero) is 1. The Morgan fingerprint density at radius 2 is 2.20 bits per heavy atom. The molecule has 20 heavy (non-hydrogen) atoms. The minimum absolute atomic E-state index is 0.000396. The predicted octanol–water partition coefficient (Wildman–Crippen LogP) is 2.30. The Morgan fingerprint density at radius 1 is 1.55 bits per heavy atom. The standard InChI is InChI=1S/C14H20N4OS/c1-3-11(19)13-12(16)10(8-15)14(20-13)17-9-4-6-18(2)7-5-9/h9,17H,3-7,16H2,1-2H3. The summed E-state index contributed by atoms with van der Waals surface area (Å²) in [5.41, 5.74) is 6.69. The Bertz CT molecular complexity index is 538. The van der Waals surface area contributed by atoms with E-state index in [1.54, 1.807) is 6.92 Å². The molecule has 5 nitrogen and oxygen atoms in total. The number of ketones is 1. The fraction of sp³-hybridized carbons (Fsp3) is 0.571. The smallest absolute Gasteiger partial charge is 0.174 e. The Morgan fingerprint density at radius 3 is 2.75 bits per heavy atom. The van der Waals surface area contributed by atoms with E-state index in [9.17, 15) is 10.1 Å². The van der Waals surface area contributed by atoms with E-state index in [1.165, 1.54) is 11.3 Å². The molecular formula is C14H20N4OS. The fourth-order valence-electron chi connectivity index (χ4n) is 2.36. The second kappa shape index (κ2) is 6.25. The van der Waals surface area contributed by atoms with E-state index in [1.807, 2.05) is 0 Å². The molecular weight excluding hydrogens is 272 g/mol. The van der Waals surface area contributed by atoms with E-state index in [2.05, 4.69) is 23.3 Å². The molecule has 2 heterocycles. The molecule has 1 fully saturated rings. The third-order valence-corrected chi connectivity index (χ3v) is 4.86. The van der Waals surface area contributed by atoms with Gasteiger partial charge < -0.3 is 16.0 Å². The number of hydrogen-bond donors (Lipinski definition) is 2. The van der Waals surface area contributed by atoms with E-state index in [0.29, 0.717) is 28.6 Å². The van der Waals surface area contributed by atoms with Crippen LogP contribution >= 0.6 is 11.3 Å². The van der Waals surface area contributed by atoms with Crippen molar-refractivity contribution in [2.24, 2.45) is 0 Å². The number of piperidine rings is 1. The highest BCUT2D eigenvalue weighted by Crippen LogP contribution is 2.36. The molecule has 1 aromatic rings. The number of carbonyl (C=O) groups excluding carboxylic acids is 1. The van der Waals surface area contributed by atoms with Crippen molar-refractivity contribution in [3.05, 3.63) is 10.4 Å². The van der Waals surface area contributed by atoms with Gasteiger partial charge in [0, 0.05) is 12.5 Å². The lowest BCUT2D eigenvalue weighted by Crippen LogP contribution is -2.36. The number of carbonyl (C=O) groups is 1. The van der Waals surface area contributed by atoms with Crippen LogP contribution in [0.5, 0.6) is 0 Å². The highest BCUT2D eigenvalue weighted by atomic mass is 32.1. The van der Waals surface area contributed by atoms with Crippen LogP contribution in [0.4, 0.5) is 10.7 Å². The van der Waals surface area contributed by atoms with Crippen molar-refractivity contribution in [3.63, 3.8) is 0 Å². The van der Waals surface area contributed by atoms with Gasteiger partial charge in [0.1, 0.15) is 16.6 Å². The average molecular weight is 292 g/mol. The summed E-state index contributed by atoms with van der Waals surface area (Å²) < 4.78 is 0. The molecule has 1 aromatic heterocycles. The zero-order valence-electron chi connectivity index (χ0n) is 11.9. The number of rotatable bonds is 4. The number of likely N-dealkylation sites (tertiary alicyclic amines) is 1. The van der Waals surface area contributed by atoms with Gasteiger partial charge in [-0.1, -0.05) is 6.92 Å². The Labute approximate surface area is 123 Å². The highest BCUT2D eigenvalue weighted by molar-refractivity contribution is 7.19. The Balaban J connectivity index is 2.19. The molecule has 0 amide bonds. The first kappa shape index (κ1) is 14.8. The summed E-state index contributed by atoms with van der Waals surface area (Å²) in [6, 6.07) is 2.47. The van der Waals surface area contributed by atoms with Crippen LogP contribution in [0.1, 0.15) is 41.4 Å². The molecule has 3 N–H and O–H groups in total. The molecule has 2 rings (SSSR count). The van der Waals surface area contributed by atoms with Gasteiger partial charge in [-0.05, 0) is 33.0 Å². The molecule has 0 spiro atoms. The van der Waals surface area contributed by atoms with E-state index < -0.39 is 0 Å². The molecule has 0 atom stereocenters. The van der Waals surface area contributed by atoms with E-state index in [0.717, 1.165) is 30.9 Å². The summed E-state index contributed by atoms with van der Waals surface area (Å²) in [7, 11) is 2.11. The molecule has 1 aliphatic rings. The van der Waals surface area contributed by atoms with Crippen LogP contribution in [0.15, 0.2) is 0 Å². The fourth-order valence-corrected chi connectivity index (χ4v) is 3.52. The van der Waals surface area contributed by atoms with Crippen molar-refractivity contribution in [2.45, 2.75) is 32.2 Å². The molecule has 1 aliphatic heterocycles. The van der Waals surface area contributed by atoms with Crippen LogP contribution in [0.3, 0.4) is 0 Å². The summed E-state index contributed by atoms with van der Waals surface area (Å²) >= 11 is 1.32. The van der Waals surface area contributed by atoms with Crippen LogP contribution < -0.4 is 11.1 Å². The molecule has 1 saturated heterocycles. The van der Waals surface area contributed by atoms with Crippen LogP contribution in [0, 0.1) is 11.3 Å². The summed E-state index contributed by atoms with van der Waals surface area (Å²) in [4.78, 5) is 14.6. The van der Waals surface area contributed by atoms with Crippen molar-refractivity contribution < 1.29 is 4.79 Å². The number of nitriles is 1. The number of nitrogens with zero attached hydrogens (tertiary/aromatic N) is 2. The first-order valence-corrected chi connectivity index (χ1v) is 7.69. The molecule has 0 bridgehead atoms. The quantitative estimate of drug-likeness (QED) is 0.832. The summed E-state index contributed by atoms with van der Waals surface area (Å²) in [6.45, 7) is 3.89. The van der Waals surface area contributed by atoms with Gasteiger partial charge >= 0.3 is 0 Å². The van der Waals surface area contributed by atoms with Gasteiger partial charge in [-0.25, -0.2) is 0 Å². The third kappa shape index (κ3) is 2.94. The number of thiophene rings is 1. The molecule has 0 unspecified atom stereocenters. The second-order valence-corrected chi connectivity index (χ2v) is 6.18. The van der Waals surface area contributed by atoms with Crippen molar-refractivity contribution in [3.8, 4) is 6.07 Å².